The van der Waals surface area contributed by atoms with Gasteiger partial charge in [-0.2, -0.15) is 5.10 Å². The van der Waals surface area contributed by atoms with Crippen molar-refractivity contribution in [3.63, 3.8) is 0 Å². The summed E-state index contributed by atoms with van der Waals surface area (Å²) in [6.07, 6.45) is 8.10. The summed E-state index contributed by atoms with van der Waals surface area (Å²) in [6.45, 7) is 3.67. The molecule has 1 fully saturated rings. The van der Waals surface area contributed by atoms with E-state index >= 15 is 0 Å². The molecule has 9 nitrogen and oxygen atoms in total. The number of hydrogen-bond acceptors (Lipinski definition) is 6. The first-order chi connectivity index (χ1) is 16.5. The van der Waals surface area contributed by atoms with Crippen LogP contribution in [-0.2, 0) is 7.05 Å². The molecule has 0 saturated carbocycles. The van der Waals surface area contributed by atoms with E-state index in [9.17, 15) is 4.79 Å². The Morgan fingerprint density at radius 1 is 1.06 bits per heavy atom. The van der Waals surface area contributed by atoms with Crippen LogP contribution >= 0.6 is 0 Å². The van der Waals surface area contributed by atoms with Gasteiger partial charge in [-0.3, -0.25) is 19.9 Å². The highest BCUT2D eigenvalue weighted by Crippen LogP contribution is 2.40. The first-order valence-corrected chi connectivity index (χ1v) is 11.3. The van der Waals surface area contributed by atoms with Crippen molar-refractivity contribution < 1.29 is 4.79 Å². The fourth-order valence-electron chi connectivity index (χ4n) is 4.76. The monoisotopic (exact) mass is 452 g/mol. The number of pyridine rings is 3. The van der Waals surface area contributed by atoms with Crippen molar-refractivity contribution in [3.8, 4) is 22.4 Å². The van der Waals surface area contributed by atoms with Crippen LogP contribution in [0.5, 0.6) is 0 Å². The molecule has 1 saturated heterocycles. The maximum absolute atomic E-state index is 13.6. The maximum Gasteiger partial charge on any atom is 0.329 e. The number of anilines is 3. The molecule has 1 N–H and O–H groups in total. The number of carbonyl (C=O) groups is 1. The number of amides is 2. The van der Waals surface area contributed by atoms with Crippen LogP contribution < -0.4 is 15.1 Å². The molecule has 2 aliphatic rings. The Morgan fingerprint density at radius 2 is 1.91 bits per heavy atom. The molecule has 2 aliphatic heterocycles. The summed E-state index contributed by atoms with van der Waals surface area (Å²) in [6, 6.07) is 11.6. The zero-order valence-electron chi connectivity index (χ0n) is 19.0. The first-order valence-electron chi connectivity index (χ1n) is 11.3. The molecule has 4 aromatic rings. The molecular weight excluding hydrogens is 428 g/mol. The van der Waals surface area contributed by atoms with E-state index in [1.807, 2.05) is 50.5 Å². The van der Waals surface area contributed by atoms with Gasteiger partial charge in [0.05, 0.1) is 23.6 Å². The van der Waals surface area contributed by atoms with Gasteiger partial charge in [-0.15, -0.1) is 0 Å². The van der Waals surface area contributed by atoms with E-state index in [0.29, 0.717) is 11.6 Å². The maximum atomic E-state index is 13.6. The predicted molar refractivity (Wildman–Crippen MR) is 131 cm³/mol. The molecule has 0 spiro atoms. The lowest BCUT2D eigenvalue weighted by atomic mass is 10.1. The van der Waals surface area contributed by atoms with Gasteiger partial charge in [-0.05, 0) is 55.3 Å². The smallest absolute Gasteiger partial charge is 0.329 e. The summed E-state index contributed by atoms with van der Waals surface area (Å²) in [7, 11) is 1.88. The number of nitrogens with zero attached hydrogens (tertiary/aromatic N) is 7. The van der Waals surface area contributed by atoms with Gasteiger partial charge >= 0.3 is 6.03 Å². The van der Waals surface area contributed by atoms with Crippen molar-refractivity contribution in [3.05, 3.63) is 66.9 Å². The van der Waals surface area contributed by atoms with Crippen LogP contribution in [0.2, 0.25) is 0 Å². The summed E-state index contributed by atoms with van der Waals surface area (Å²) in [5, 5.41) is 7.23. The zero-order chi connectivity index (χ0) is 23.2. The molecule has 0 radical (unpaired) electrons. The van der Waals surface area contributed by atoms with Crippen molar-refractivity contribution in [1.82, 2.24) is 24.7 Å². The summed E-state index contributed by atoms with van der Waals surface area (Å²) >= 11 is 0. The molecule has 0 unspecified atom stereocenters. The fourth-order valence-corrected chi connectivity index (χ4v) is 4.76. The lowest BCUT2D eigenvalue weighted by molar-refractivity contribution is 0.254. The molecule has 0 aliphatic carbocycles. The van der Waals surface area contributed by atoms with Crippen molar-refractivity contribution in [2.24, 2.45) is 7.05 Å². The quantitative estimate of drug-likeness (QED) is 0.507. The van der Waals surface area contributed by atoms with Gasteiger partial charge in [0.1, 0.15) is 5.82 Å². The second-order valence-electron chi connectivity index (χ2n) is 8.75. The Hall–Kier alpha value is -4.27. The Morgan fingerprint density at radius 3 is 2.74 bits per heavy atom. The molecule has 2 amide bonds. The average molecular weight is 453 g/mol. The Balaban J connectivity index is 1.33. The van der Waals surface area contributed by atoms with E-state index in [2.05, 4.69) is 31.3 Å². The molecule has 2 bridgehead atoms. The molecule has 9 heteroatoms. The number of rotatable bonds is 3. The standard InChI is InChI=1S/C25H24N8O/c1-16-11-18(6-8-26-16)21-3-4-22-24(29-21)33(20-7-10-32(22)15-20)25(34)30-23-12-17(5-9-27-23)19-13-28-31(2)14-19/h3-6,8-9,11-14,20H,7,10,15H2,1-2H3,(H,27,30,34)/t20-/m0/s1. The van der Waals surface area contributed by atoms with E-state index in [4.69, 9.17) is 4.98 Å². The largest absolute Gasteiger partial charge is 0.366 e. The topological polar surface area (TPSA) is 92.1 Å². The number of carbonyl (C=O) groups excluding carboxylic acids is 1. The third-order valence-corrected chi connectivity index (χ3v) is 6.40. The van der Waals surface area contributed by atoms with E-state index in [1.165, 1.54) is 0 Å². The number of aromatic nitrogens is 5. The Labute approximate surface area is 197 Å². The number of hydrogen-bond donors (Lipinski definition) is 1. The van der Waals surface area contributed by atoms with Gasteiger partial charge in [-0.1, -0.05) is 0 Å². The first kappa shape index (κ1) is 20.3. The molecule has 170 valence electrons. The summed E-state index contributed by atoms with van der Waals surface area (Å²) in [5.74, 6) is 1.18. The van der Waals surface area contributed by atoms with Crippen LogP contribution in [0.4, 0.5) is 22.1 Å². The van der Waals surface area contributed by atoms with Gasteiger partial charge in [0.2, 0.25) is 0 Å². The number of aryl methyl sites for hydroxylation is 2. The van der Waals surface area contributed by atoms with Crippen LogP contribution in [0, 0.1) is 6.92 Å². The third-order valence-electron chi connectivity index (χ3n) is 6.40. The van der Waals surface area contributed by atoms with Gasteiger partial charge in [-0.25, -0.2) is 14.8 Å². The van der Waals surface area contributed by atoms with Crippen LogP contribution in [0.3, 0.4) is 0 Å². The second-order valence-corrected chi connectivity index (χ2v) is 8.75. The van der Waals surface area contributed by atoms with E-state index in [0.717, 1.165) is 53.3 Å². The third kappa shape index (κ3) is 3.55. The van der Waals surface area contributed by atoms with Gasteiger partial charge in [0.15, 0.2) is 5.82 Å². The number of urea groups is 1. The zero-order valence-corrected chi connectivity index (χ0v) is 19.0. The van der Waals surface area contributed by atoms with E-state index in [1.54, 1.807) is 28.2 Å². The molecular formula is C25H24N8O. The summed E-state index contributed by atoms with van der Waals surface area (Å²) < 4.78 is 1.75. The molecule has 4 aromatic heterocycles. The minimum Gasteiger partial charge on any atom is -0.366 e. The minimum atomic E-state index is -0.223. The number of fused-ring (bicyclic) bond motifs is 4. The normalized spacial score (nSPS) is 16.5. The van der Waals surface area contributed by atoms with E-state index in [-0.39, 0.29) is 12.1 Å². The van der Waals surface area contributed by atoms with Crippen molar-refractivity contribution in [1.29, 1.82) is 0 Å². The highest BCUT2D eigenvalue weighted by molar-refractivity contribution is 6.04. The highest BCUT2D eigenvalue weighted by atomic mass is 16.2. The van der Waals surface area contributed by atoms with Crippen LogP contribution in [-0.4, -0.2) is 49.9 Å². The minimum absolute atomic E-state index is 0.0657. The SMILES string of the molecule is Cc1cc(-c2ccc3c(n2)N(C(=O)Nc2cc(-c4cnn(C)c4)ccn2)[C@H]2CCN3C2)ccn1. The summed E-state index contributed by atoms with van der Waals surface area (Å²) in [5.41, 5.74) is 5.62. The van der Waals surface area contributed by atoms with Crippen molar-refractivity contribution in [2.45, 2.75) is 19.4 Å². The molecule has 6 rings (SSSR count). The number of nitrogens with one attached hydrogen (secondary N) is 1. The molecule has 0 aromatic carbocycles. The lowest BCUT2D eigenvalue weighted by Gasteiger charge is -2.35. The summed E-state index contributed by atoms with van der Waals surface area (Å²) in [4.78, 5) is 31.3. The van der Waals surface area contributed by atoms with Gasteiger partial charge in [0, 0.05) is 55.5 Å². The fraction of sp³-hybridized carbons (Fsp3) is 0.240. The average Bonchev–Trinajstić information content (AvgIpc) is 3.46. The molecule has 1 atom stereocenters. The lowest BCUT2D eigenvalue weighted by Crippen LogP contribution is -2.48. The van der Waals surface area contributed by atoms with Crippen LogP contribution in [0.15, 0.2) is 61.2 Å². The Bertz CT molecular complexity index is 1400. The van der Waals surface area contributed by atoms with Crippen molar-refractivity contribution in [2.75, 3.05) is 28.2 Å². The van der Waals surface area contributed by atoms with Gasteiger partial charge < -0.3 is 4.90 Å². The second kappa shape index (κ2) is 7.95. The molecule has 6 heterocycles. The Kier molecular flexibility index (Phi) is 4.75. The highest BCUT2D eigenvalue weighted by Gasteiger charge is 2.40. The molecule has 34 heavy (non-hydrogen) atoms. The van der Waals surface area contributed by atoms with E-state index < -0.39 is 0 Å². The van der Waals surface area contributed by atoms with Gasteiger partial charge in [0.25, 0.3) is 0 Å². The van der Waals surface area contributed by atoms with Crippen molar-refractivity contribution >= 4 is 23.4 Å². The van der Waals surface area contributed by atoms with Crippen LogP contribution in [0.1, 0.15) is 12.1 Å². The van der Waals surface area contributed by atoms with Crippen LogP contribution in [0.25, 0.3) is 22.4 Å². The predicted octanol–water partition coefficient (Wildman–Crippen LogP) is 3.88.